The van der Waals surface area contributed by atoms with Crippen LogP contribution in [0.3, 0.4) is 0 Å². The number of anilines is 1. The van der Waals surface area contributed by atoms with E-state index >= 15 is 0 Å². The lowest BCUT2D eigenvalue weighted by molar-refractivity contribution is 0.0598. The van der Waals surface area contributed by atoms with Gasteiger partial charge >= 0.3 is 5.97 Å². The molecule has 2 rings (SSSR count). The normalized spacial score (nSPS) is 10.0. The predicted molar refractivity (Wildman–Crippen MR) is 71.5 cm³/mol. The summed E-state index contributed by atoms with van der Waals surface area (Å²) in [5, 5.41) is 0.242. The number of aromatic nitrogens is 1. The van der Waals surface area contributed by atoms with E-state index in [0.717, 1.165) is 0 Å². The van der Waals surface area contributed by atoms with E-state index in [1.165, 1.54) is 13.3 Å². The Morgan fingerprint density at radius 1 is 1.32 bits per heavy atom. The number of nitrogen functional groups attached to an aromatic ring is 1. The molecular formula is C13H11ClN2O3. The zero-order valence-electron chi connectivity index (χ0n) is 10.1. The average Bonchev–Trinajstić information content (AvgIpc) is 2.41. The van der Waals surface area contributed by atoms with Gasteiger partial charge in [0.25, 0.3) is 0 Å². The Balaban J connectivity index is 2.43. The standard InChI is InChI=1S/C13H11ClN2O3/c1-18-13(17)12-8(14)3-2-4-10(12)19-11-7-16-6-5-9(11)15/h2-7H,1H3,(H2,15,16). The first kappa shape index (κ1) is 13.2. The lowest BCUT2D eigenvalue weighted by Gasteiger charge is -2.12. The van der Waals surface area contributed by atoms with Crippen molar-refractivity contribution in [2.45, 2.75) is 0 Å². The van der Waals surface area contributed by atoms with Gasteiger partial charge in [0.2, 0.25) is 0 Å². The van der Waals surface area contributed by atoms with Crippen LogP contribution in [0.15, 0.2) is 36.7 Å². The van der Waals surface area contributed by atoms with Crippen LogP contribution in [0.25, 0.3) is 0 Å². The van der Waals surface area contributed by atoms with Gasteiger partial charge in [0, 0.05) is 6.20 Å². The van der Waals surface area contributed by atoms with Crippen LogP contribution in [-0.4, -0.2) is 18.1 Å². The van der Waals surface area contributed by atoms with Crippen molar-refractivity contribution in [1.82, 2.24) is 4.98 Å². The topological polar surface area (TPSA) is 74.4 Å². The summed E-state index contributed by atoms with van der Waals surface area (Å²) in [6.45, 7) is 0. The van der Waals surface area contributed by atoms with Gasteiger partial charge in [-0.3, -0.25) is 4.98 Å². The van der Waals surface area contributed by atoms with E-state index in [1.807, 2.05) is 0 Å². The summed E-state index contributed by atoms with van der Waals surface area (Å²) >= 11 is 5.98. The van der Waals surface area contributed by atoms with Crippen LogP contribution in [0.2, 0.25) is 5.02 Å². The third-order valence-electron chi connectivity index (χ3n) is 2.40. The number of esters is 1. The largest absolute Gasteiger partial charge is 0.465 e. The maximum absolute atomic E-state index is 11.7. The number of halogens is 1. The van der Waals surface area contributed by atoms with Gasteiger partial charge in [0.05, 0.1) is 24.0 Å². The third-order valence-corrected chi connectivity index (χ3v) is 2.72. The Hall–Kier alpha value is -2.27. The minimum atomic E-state index is -0.580. The maximum atomic E-state index is 11.7. The van der Waals surface area contributed by atoms with Crippen LogP contribution >= 0.6 is 11.6 Å². The summed E-state index contributed by atoms with van der Waals surface area (Å²) in [5.74, 6) is 0.0250. The van der Waals surface area contributed by atoms with Crippen LogP contribution in [0.4, 0.5) is 5.69 Å². The van der Waals surface area contributed by atoms with Gasteiger partial charge in [-0.25, -0.2) is 4.79 Å². The Morgan fingerprint density at radius 3 is 2.79 bits per heavy atom. The lowest BCUT2D eigenvalue weighted by Crippen LogP contribution is -2.05. The summed E-state index contributed by atoms with van der Waals surface area (Å²) in [4.78, 5) is 15.6. The number of benzene rings is 1. The van der Waals surface area contributed by atoms with Gasteiger partial charge in [-0.15, -0.1) is 0 Å². The van der Waals surface area contributed by atoms with E-state index < -0.39 is 5.97 Å². The van der Waals surface area contributed by atoms with Crippen molar-refractivity contribution in [2.75, 3.05) is 12.8 Å². The fraction of sp³-hybridized carbons (Fsp3) is 0.0769. The highest BCUT2D eigenvalue weighted by atomic mass is 35.5. The number of carbonyl (C=O) groups excluding carboxylic acids is 1. The first-order valence-corrected chi connectivity index (χ1v) is 5.75. The quantitative estimate of drug-likeness (QED) is 0.874. The molecule has 0 saturated heterocycles. The summed E-state index contributed by atoms with van der Waals surface area (Å²) in [5.41, 5.74) is 6.31. The monoisotopic (exact) mass is 278 g/mol. The molecule has 19 heavy (non-hydrogen) atoms. The molecule has 0 radical (unpaired) electrons. The first-order valence-electron chi connectivity index (χ1n) is 5.37. The number of hydrogen-bond acceptors (Lipinski definition) is 5. The third kappa shape index (κ3) is 2.77. The Morgan fingerprint density at radius 2 is 2.11 bits per heavy atom. The molecule has 5 nitrogen and oxygen atoms in total. The molecule has 0 unspecified atom stereocenters. The van der Waals surface area contributed by atoms with E-state index in [-0.39, 0.29) is 16.3 Å². The van der Waals surface area contributed by atoms with E-state index in [4.69, 9.17) is 22.1 Å². The highest BCUT2D eigenvalue weighted by Crippen LogP contribution is 2.32. The Bertz CT molecular complexity index is 617. The van der Waals surface area contributed by atoms with Crippen molar-refractivity contribution in [2.24, 2.45) is 0 Å². The second kappa shape index (κ2) is 5.58. The SMILES string of the molecule is COC(=O)c1c(Cl)cccc1Oc1cnccc1N. The predicted octanol–water partition coefficient (Wildman–Crippen LogP) is 2.90. The van der Waals surface area contributed by atoms with Crippen LogP contribution in [-0.2, 0) is 4.74 Å². The van der Waals surface area contributed by atoms with Gasteiger partial charge in [-0.05, 0) is 18.2 Å². The second-order valence-corrected chi connectivity index (χ2v) is 4.03. The van der Waals surface area contributed by atoms with Gasteiger partial charge in [0.15, 0.2) is 5.75 Å². The molecule has 0 fully saturated rings. The molecule has 0 atom stereocenters. The number of nitrogens with zero attached hydrogens (tertiary/aromatic N) is 1. The maximum Gasteiger partial charge on any atom is 0.343 e. The molecule has 0 aliphatic carbocycles. The zero-order chi connectivity index (χ0) is 13.8. The summed E-state index contributed by atoms with van der Waals surface area (Å²) in [6, 6.07) is 6.44. The molecule has 0 spiro atoms. The number of methoxy groups -OCH3 is 1. The molecule has 2 N–H and O–H groups in total. The number of carbonyl (C=O) groups is 1. The molecule has 6 heteroatoms. The highest BCUT2D eigenvalue weighted by molar-refractivity contribution is 6.34. The first-order chi connectivity index (χ1) is 9.13. The summed E-state index contributed by atoms with van der Waals surface area (Å²) in [6.07, 6.45) is 3.00. The summed E-state index contributed by atoms with van der Waals surface area (Å²) in [7, 11) is 1.27. The average molecular weight is 279 g/mol. The van der Waals surface area contributed by atoms with Gasteiger partial charge in [0.1, 0.15) is 11.3 Å². The molecule has 0 aliphatic rings. The fourth-order valence-electron chi connectivity index (χ4n) is 1.48. The van der Waals surface area contributed by atoms with Crippen molar-refractivity contribution in [3.8, 4) is 11.5 Å². The number of rotatable bonds is 3. The number of nitrogens with two attached hydrogens (primary N) is 1. The minimum absolute atomic E-state index is 0.148. The highest BCUT2D eigenvalue weighted by Gasteiger charge is 2.18. The van der Waals surface area contributed by atoms with Crippen molar-refractivity contribution in [1.29, 1.82) is 0 Å². The van der Waals surface area contributed by atoms with Gasteiger partial charge < -0.3 is 15.2 Å². The van der Waals surface area contributed by atoms with Crippen LogP contribution in [0.1, 0.15) is 10.4 Å². The second-order valence-electron chi connectivity index (χ2n) is 3.62. The van der Waals surface area contributed by atoms with Gasteiger partial charge in [-0.1, -0.05) is 17.7 Å². The molecule has 0 saturated carbocycles. The molecule has 1 heterocycles. The van der Waals surface area contributed by atoms with E-state index in [0.29, 0.717) is 11.4 Å². The fourth-order valence-corrected chi connectivity index (χ4v) is 1.73. The molecule has 1 aromatic carbocycles. The van der Waals surface area contributed by atoms with Crippen LogP contribution in [0, 0.1) is 0 Å². The van der Waals surface area contributed by atoms with Crippen molar-refractivity contribution in [3.63, 3.8) is 0 Å². The molecule has 2 aromatic rings. The zero-order valence-corrected chi connectivity index (χ0v) is 10.8. The van der Waals surface area contributed by atoms with E-state index in [9.17, 15) is 4.79 Å². The van der Waals surface area contributed by atoms with Crippen molar-refractivity contribution in [3.05, 3.63) is 47.2 Å². The number of hydrogen-bond donors (Lipinski definition) is 1. The molecular weight excluding hydrogens is 268 g/mol. The van der Waals surface area contributed by atoms with Crippen molar-refractivity contribution < 1.29 is 14.3 Å². The minimum Gasteiger partial charge on any atom is -0.465 e. The molecule has 0 amide bonds. The van der Waals surface area contributed by atoms with Crippen LogP contribution < -0.4 is 10.5 Å². The van der Waals surface area contributed by atoms with E-state index in [2.05, 4.69) is 9.72 Å². The summed E-state index contributed by atoms with van der Waals surface area (Å²) < 4.78 is 10.2. The number of pyridine rings is 1. The molecule has 0 aliphatic heterocycles. The van der Waals surface area contributed by atoms with E-state index in [1.54, 1.807) is 30.5 Å². The van der Waals surface area contributed by atoms with Gasteiger partial charge in [-0.2, -0.15) is 0 Å². The van der Waals surface area contributed by atoms with Crippen LogP contribution in [0.5, 0.6) is 11.5 Å². The Labute approximate surface area is 114 Å². The molecule has 0 bridgehead atoms. The Kier molecular flexibility index (Phi) is 3.87. The molecule has 1 aromatic heterocycles. The lowest BCUT2D eigenvalue weighted by atomic mass is 10.2. The number of ether oxygens (including phenoxy) is 2. The smallest absolute Gasteiger partial charge is 0.343 e. The van der Waals surface area contributed by atoms with Crippen molar-refractivity contribution >= 4 is 23.3 Å². The molecule has 98 valence electrons.